The van der Waals surface area contributed by atoms with Crippen molar-refractivity contribution in [2.24, 2.45) is 10.9 Å². The van der Waals surface area contributed by atoms with Gasteiger partial charge in [0.15, 0.2) is 0 Å². The molecule has 110 valence electrons. The first kappa shape index (κ1) is 16.6. The Morgan fingerprint density at radius 2 is 2.10 bits per heavy atom. The standard InChI is InChI=1S/C13H17Cl2N3O2/c1-8(2)18(6-5-12(16)17-20)13(19)10-7-9(14)3-4-11(10)15/h3-4,7-8,20H,5-6H2,1-2H3,(H2,16,17). The number of carbonyl (C=O) groups excluding carboxylic acids is 1. The molecule has 0 unspecified atom stereocenters. The van der Waals surface area contributed by atoms with E-state index in [1.165, 1.54) is 6.07 Å². The molecule has 0 saturated carbocycles. The van der Waals surface area contributed by atoms with Crippen LogP contribution in [0.2, 0.25) is 10.0 Å². The van der Waals surface area contributed by atoms with Crippen LogP contribution in [0.4, 0.5) is 0 Å². The second kappa shape index (κ2) is 7.36. The molecule has 20 heavy (non-hydrogen) atoms. The lowest BCUT2D eigenvalue weighted by Gasteiger charge is -2.27. The summed E-state index contributed by atoms with van der Waals surface area (Å²) in [4.78, 5) is 14.1. The Kier molecular flexibility index (Phi) is 6.10. The minimum atomic E-state index is -0.238. The zero-order valence-corrected chi connectivity index (χ0v) is 12.8. The van der Waals surface area contributed by atoms with Gasteiger partial charge in [0.1, 0.15) is 5.84 Å². The molecule has 1 amide bonds. The molecule has 3 N–H and O–H groups in total. The van der Waals surface area contributed by atoms with Crippen molar-refractivity contribution in [2.75, 3.05) is 6.54 Å². The first-order valence-corrected chi connectivity index (χ1v) is 6.84. The highest BCUT2D eigenvalue weighted by molar-refractivity contribution is 6.35. The fourth-order valence-corrected chi connectivity index (χ4v) is 2.07. The van der Waals surface area contributed by atoms with Crippen molar-refractivity contribution < 1.29 is 10.0 Å². The number of nitrogens with two attached hydrogens (primary N) is 1. The van der Waals surface area contributed by atoms with Crippen molar-refractivity contribution in [2.45, 2.75) is 26.3 Å². The fourth-order valence-electron chi connectivity index (χ4n) is 1.70. The molecule has 0 aromatic heterocycles. The Bertz CT molecular complexity index is 518. The molecule has 1 aromatic rings. The van der Waals surface area contributed by atoms with E-state index in [0.29, 0.717) is 22.2 Å². The van der Waals surface area contributed by atoms with E-state index in [2.05, 4.69) is 5.16 Å². The summed E-state index contributed by atoms with van der Waals surface area (Å²) >= 11 is 11.9. The number of hydrogen-bond donors (Lipinski definition) is 2. The minimum Gasteiger partial charge on any atom is -0.409 e. The smallest absolute Gasteiger partial charge is 0.255 e. The SMILES string of the molecule is CC(C)N(CCC(N)=NO)C(=O)c1cc(Cl)ccc1Cl. The predicted octanol–water partition coefficient (Wildman–Crippen LogP) is 2.98. The number of amidine groups is 1. The number of halogens is 2. The molecule has 0 atom stereocenters. The number of rotatable bonds is 5. The van der Waals surface area contributed by atoms with E-state index in [1.54, 1.807) is 17.0 Å². The second-order valence-electron chi connectivity index (χ2n) is 4.56. The number of nitrogens with zero attached hydrogens (tertiary/aromatic N) is 2. The van der Waals surface area contributed by atoms with Gasteiger partial charge >= 0.3 is 0 Å². The van der Waals surface area contributed by atoms with Crippen LogP contribution in [0.15, 0.2) is 23.4 Å². The maximum Gasteiger partial charge on any atom is 0.255 e. The molecule has 0 aliphatic rings. The molecule has 5 nitrogen and oxygen atoms in total. The van der Waals surface area contributed by atoms with E-state index < -0.39 is 0 Å². The van der Waals surface area contributed by atoms with Gasteiger partial charge in [-0.15, -0.1) is 0 Å². The van der Waals surface area contributed by atoms with Gasteiger partial charge in [-0.25, -0.2) is 0 Å². The molecule has 0 radical (unpaired) electrons. The van der Waals surface area contributed by atoms with Gasteiger partial charge in [0.25, 0.3) is 5.91 Å². The summed E-state index contributed by atoms with van der Waals surface area (Å²) in [6.07, 6.45) is 0.276. The summed E-state index contributed by atoms with van der Waals surface area (Å²) in [6, 6.07) is 4.69. The van der Waals surface area contributed by atoms with E-state index in [9.17, 15) is 4.79 Å². The fraction of sp³-hybridized carbons (Fsp3) is 0.385. The third-order valence-corrected chi connectivity index (χ3v) is 3.35. The maximum atomic E-state index is 12.5. The second-order valence-corrected chi connectivity index (χ2v) is 5.40. The summed E-state index contributed by atoms with van der Waals surface area (Å²) < 4.78 is 0. The number of oxime groups is 1. The van der Waals surface area contributed by atoms with Crippen LogP contribution in [0, 0.1) is 0 Å². The lowest BCUT2D eigenvalue weighted by Crippen LogP contribution is -2.39. The van der Waals surface area contributed by atoms with E-state index in [4.69, 9.17) is 34.1 Å². The van der Waals surface area contributed by atoms with Gasteiger partial charge in [-0.1, -0.05) is 28.4 Å². The number of benzene rings is 1. The third kappa shape index (κ3) is 4.28. The summed E-state index contributed by atoms with van der Waals surface area (Å²) in [6.45, 7) is 4.08. The molecule has 0 aliphatic carbocycles. The van der Waals surface area contributed by atoms with Crippen LogP contribution in [0.25, 0.3) is 0 Å². The molecule has 0 aliphatic heterocycles. The van der Waals surface area contributed by atoms with Crippen LogP contribution in [-0.4, -0.2) is 34.4 Å². The average molecular weight is 318 g/mol. The number of carbonyl (C=O) groups is 1. The maximum absolute atomic E-state index is 12.5. The molecular formula is C13H17Cl2N3O2. The zero-order chi connectivity index (χ0) is 15.3. The van der Waals surface area contributed by atoms with Gasteiger partial charge in [0, 0.05) is 24.0 Å². The molecule has 7 heteroatoms. The highest BCUT2D eigenvalue weighted by Crippen LogP contribution is 2.23. The highest BCUT2D eigenvalue weighted by Gasteiger charge is 2.21. The summed E-state index contributed by atoms with van der Waals surface area (Å²) in [5.74, 6) is -0.168. The van der Waals surface area contributed by atoms with Crippen LogP contribution >= 0.6 is 23.2 Å². The van der Waals surface area contributed by atoms with Gasteiger partial charge in [0.2, 0.25) is 0 Å². The van der Waals surface area contributed by atoms with E-state index in [1.807, 2.05) is 13.8 Å². The van der Waals surface area contributed by atoms with Gasteiger partial charge in [-0.05, 0) is 32.0 Å². The molecular weight excluding hydrogens is 301 g/mol. The Morgan fingerprint density at radius 1 is 1.45 bits per heavy atom. The molecule has 0 fully saturated rings. The van der Waals surface area contributed by atoms with Crippen molar-refractivity contribution >= 4 is 34.9 Å². The Balaban J connectivity index is 2.97. The Labute approximate surface area is 127 Å². The van der Waals surface area contributed by atoms with Crippen LogP contribution in [-0.2, 0) is 0 Å². The van der Waals surface area contributed by atoms with Crippen molar-refractivity contribution in [1.29, 1.82) is 0 Å². The summed E-state index contributed by atoms with van der Waals surface area (Å²) in [7, 11) is 0. The minimum absolute atomic E-state index is 0.0518. The van der Waals surface area contributed by atoms with E-state index in [0.717, 1.165) is 0 Å². The van der Waals surface area contributed by atoms with Crippen molar-refractivity contribution in [3.8, 4) is 0 Å². The number of amides is 1. The highest BCUT2D eigenvalue weighted by atomic mass is 35.5. The van der Waals surface area contributed by atoms with Crippen LogP contribution in [0.1, 0.15) is 30.6 Å². The molecule has 1 rings (SSSR count). The van der Waals surface area contributed by atoms with E-state index in [-0.39, 0.29) is 24.2 Å². The lowest BCUT2D eigenvalue weighted by atomic mass is 10.1. The molecule has 0 heterocycles. The van der Waals surface area contributed by atoms with Crippen LogP contribution < -0.4 is 5.73 Å². The van der Waals surface area contributed by atoms with E-state index >= 15 is 0 Å². The summed E-state index contributed by atoms with van der Waals surface area (Å²) in [5.41, 5.74) is 5.77. The van der Waals surface area contributed by atoms with Crippen LogP contribution in [0.3, 0.4) is 0 Å². The zero-order valence-electron chi connectivity index (χ0n) is 11.3. The third-order valence-electron chi connectivity index (χ3n) is 2.78. The van der Waals surface area contributed by atoms with Crippen LogP contribution in [0.5, 0.6) is 0 Å². The largest absolute Gasteiger partial charge is 0.409 e. The molecule has 0 spiro atoms. The Hall–Kier alpha value is -1.46. The average Bonchev–Trinajstić information content (AvgIpc) is 2.40. The topological polar surface area (TPSA) is 78.9 Å². The molecule has 0 bridgehead atoms. The van der Waals surface area contributed by atoms with Crippen molar-refractivity contribution in [3.05, 3.63) is 33.8 Å². The lowest BCUT2D eigenvalue weighted by molar-refractivity contribution is 0.0711. The van der Waals surface area contributed by atoms with Gasteiger partial charge in [-0.3, -0.25) is 4.79 Å². The quantitative estimate of drug-likeness (QED) is 0.379. The predicted molar refractivity (Wildman–Crippen MR) is 80.7 cm³/mol. The van der Waals surface area contributed by atoms with Gasteiger partial charge in [0.05, 0.1) is 10.6 Å². The van der Waals surface area contributed by atoms with Gasteiger partial charge < -0.3 is 15.8 Å². The summed E-state index contributed by atoms with van der Waals surface area (Å²) in [5, 5.41) is 12.2. The Morgan fingerprint density at radius 3 is 2.65 bits per heavy atom. The van der Waals surface area contributed by atoms with Crippen molar-refractivity contribution in [3.63, 3.8) is 0 Å². The first-order chi connectivity index (χ1) is 9.36. The molecule has 1 aromatic carbocycles. The first-order valence-electron chi connectivity index (χ1n) is 6.09. The monoisotopic (exact) mass is 317 g/mol. The number of hydrogen-bond acceptors (Lipinski definition) is 3. The normalized spacial score (nSPS) is 11.8. The van der Waals surface area contributed by atoms with Gasteiger partial charge in [-0.2, -0.15) is 0 Å². The molecule has 0 saturated heterocycles. The van der Waals surface area contributed by atoms with Crippen molar-refractivity contribution in [1.82, 2.24) is 4.90 Å².